The van der Waals surface area contributed by atoms with Crippen LogP contribution in [0.5, 0.6) is 0 Å². The molecule has 1 aromatic carbocycles. The molecule has 1 unspecified atom stereocenters. The summed E-state index contributed by atoms with van der Waals surface area (Å²) in [6.45, 7) is 3.84. The minimum absolute atomic E-state index is 0.233. The van der Waals surface area contributed by atoms with Gasteiger partial charge in [0.1, 0.15) is 0 Å². The van der Waals surface area contributed by atoms with Crippen LogP contribution in [-0.2, 0) is 0 Å². The van der Waals surface area contributed by atoms with E-state index in [4.69, 9.17) is 0 Å². The van der Waals surface area contributed by atoms with Crippen molar-refractivity contribution in [2.75, 3.05) is 0 Å². The molecule has 1 heteroatoms. The normalized spacial score (nSPS) is 15.9. The van der Waals surface area contributed by atoms with Crippen molar-refractivity contribution in [2.24, 2.45) is 0 Å². The second-order valence-corrected chi connectivity index (χ2v) is 2.94. The van der Waals surface area contributed by atoms with Gasteiger partial charge in [0.15, 0.2) is 0 Å². The zero-order chi connectivity index (χ0) is 8.27. The van der Waals surface area contributed by atoms with Crippen LogP contribution in [-0.4, -0.2) is 11.2 Å². The van der Waals surface area contributed by atoms with Gasteiger partial charge in [-0.15, -0.1) is 0 Å². The molecule has 11 heavy (non-hydrogen) atoms. The van der Waals surface area contributed by atoms with Crippen molar-refractivity contribution in [3.05, 3.63) is 35.9 Å². The summed E-state index contributed by atoms with van der Waals surface area (Å²) in [5.74, 6) is 0.233. The maximum Gasteiger partial charge on any atom is 0.0577 e. The molecule has 2 atom stereocenters. The van der Waals surface area contributed by atoms with Crippen LogP contribution in [0.15, 0.2) is 30.3 Å². The van der Waals surface area contributed by atoms with Gasteiger partial charge >= 0.3 is 0 Å². The van der Waals surface area contributed by atoms with Crippen LogP contribution in [0.4, 0.5) is 0 Å². The maximum absolute atomic E-state index is 9.27. The molecule has 0 aliphatic rings. The largest absolute Gasteiger partial charge is 0.393 e. The Kier molecular flexibility index (Phi) is 2.66. The minimum Gasteiger partial charge on any atom is -0.393 e. The number of rotatable bonds is 2. The summed E-state index contributed by atoms with van der Waals surface area (Å²) < 4.78 is 0. The van der Waals surface area contributed by atoms with Gasteiger partial charge < -0.3 is 5.11 Å². The molecule has 0 aromatic heterocycles. The van der Waals surface area contributed by atoms with Crippen molar-refractivity contribution < 1.29 is 5.11 Å². The average Bonchev–Trinajstić information content (AvgIpc) is 2.05. The smallest absolute Gasteiger partial charge is 0.0577 e. The Hall–Kier alpha value is -0.820. The molecular weight excluding hydrogens is 136 g/mol. The summed E-state index contributed by atoms with van der Waals surface area (Å²) in [5.41, 5.74) is 1.20. The SMILES string of the molecule is CC(c1ccccc1)[C@H](C)O. The molecule has 1 rings (SSSR count). The molecule has 1 N–H and O–H groups in total. The topological polar surface area (TPSA) is 20.2 Å². The Balaban J connectivity index is 2.77. The summed E-state index contributed by atoms with van der Waals surface area (Å²) >= 11 is 0. The van der Waals surface area contributed by atoms with Crippen molar-refractivity contribution in [1.29, 1.82) is 0 Å². The molecule has 0 radical (unpaired) electrons. The Labute approximate surface area is 67.7 Å². The second kappa shape index (κ2) is 3.54. The predicted molar refractivity (Wildman–Crippen MR) is 46.5 cm³/mol. The third-order valence-corrected chi connectivity index (χ3v) is 2.05. The summed E-state index contributed by atoms with van der Waals surface area (Å²) in [7, 11) is 0. The lowest BCUT2D eigenvalue weighted by atomic mass is 9.97. The van der Waals surface area contributed by atoms with E-state index in [1.807, 2.05) is 44.2 Å². The van der Waals surface area contributed by atoms with Crippen molar-refractivity contribution >= 4 is 0 Å². The predicted octanol–water partition coefficient (Wildman–Crippen LogP) is 2.17. The summed E-state index contributed by atoms with van der Waals surface area (Å²) in [4.78, 5) is 0. The van der Waals surface area contributed by atoms with Gasteiger partial charge in [0, 0.05) is 5.92 Å². The summed E-state index contributed by atoms with van der Waals surface area (Å²) in [6.07, 6.45) is -0.266. The van der Waals surface area contributed by atoms with Gasteiger partial charge in [-0.1, -0.05) is 37.3 Å². The minimum atomic E-state index is -0.266. The van der Waals surface area contributed by atoms with E-state index in [0.717, 1.165) is 0 Å². The van der Waals surface area contributed by atoms with Crippen LogP contribution >= 0.6 is 0 Å². The first kappa shape index (κ1) is 8.28. The first-order valence-corrected chi connectivity index (χ1v) is 3.95. The molecule has 1 nitrogen and oxygen atoms in total. The highest BCUT2D eigenvalue weighted by Crippen LogP contribution is 2.17. The first-order valence-electron chi connectivity index (χ1n) is 3.95. The van der Waals surface area contributed by atoms with Gasteiger partial charge in [-0.05, 0) is 12.5 Å². The molecular formula is C10H14O. The lowest BCUT2D eigenvalue weighted by molar-refractivity contribution is 0.169. The van der Waals surface area contributed by atoms with Gasteiger partial charge in [-0.25, -0.2) is 0 Å². The summed E-state index contributed by atoms with van der Waals surface area (Å²) in [5, 5.41) is 9.27. The molecule has 0 saturated carbocycles. The van der Waals surface area contributed by atoms with Crippen LogP contribution in [0.25, 0.3) is 0 Å². The van der Waals surface area contributed by atoms with Crippen LogP contribution < -0.4 is 0 Å². The van der Waals surface area contributed by atoms with Crippen LogP contribution in [0.2, 0.25) is 0 Å². The number of hydrogen-bond acceptors (Lipinski definition) is 1. The van der Waals surface area contributed by atoms with E-state index in [-0.39, 0.29) is 12.0 Å². The highest BCUT2D eigenvalue weighted by molar-refractivity contribution is 5.19. The molecule has 0 saturated heterocycles. The second-order valence-electron chi connectivity index (χ2n) is 2.94. The van der Waals surface area contributed by atoms with Crippen LogP contribution in [0.3, 0.4) is 0 Å². The third-order valence-electron chi connectivity index (χ3n) is 2.05. The Morgan fingerprint density at radius 3 is 2.09 bits per heavy atom. The molecule has 0 spiro atoms. The van der Waals surface area contributed by atoms with Crippen molar-refractivity contribution in [1.82, 2.24) is 0 Å². The van der Waals surface area contributed by atoms with E-state index in [9.17, 15) is 5.11 Å². The van der Waals surface area contributed by atoms with E-state index >= 15 is 0 Å². The van der Waals surface area contributed by atoms with Gasteiger partial charge in [0.2, 0.25) is 0 Å². The van der Waals surface area contributed by atoms with Crippen molar-refractivity contribution in [3.63, 3.8) is 0 Å². The van der Waals surface area contributed by atoms with Crippen LogP contribution in [0, 0.1) is 0 Å². The zero-order valence-electron chi connectivity index (χ0n) is 6.99. The van der Waals surface area contributed by atoms with E-state index in [0.29, 0.717) is 0 Å². The van der Waals surface area contributed by atoms with E-state index < -0.39 is 0 Å². The van der Waals surface area contributed by atoms with Crippen molar-refractivity contribution in [2.45, 2.75) is 25.9 Å². The van der Waals surface area contributed by atoms with Gasteiger partial charge in [0.05, 0.1) is 6.10 Å². The summed E-state index contributed by atoms with van der Waals surface area (Å²) in [6, 6.07) is 10.1. The molecule has 0 bridgehead atoms. The molecule has 0 amide bonds. The van der Waals surface area contributed by atoms with E-state index in [1.54, 1.807) is 0 Å². The van der Waals surface area contributed by atoms with E-state index in [2.05, 4.69) is 0 Å². The third kappa shape index (κ3) is 2.05. The molecule has 0 aliphatic heterocycles. The first-order chi connectivity index (χ1) is 5.22. The number of benzene rings is 1. The fraction of sp³-hybridized carbons (Fsp3) is 0.400. The van der Waals surface area contributed by atoms with Crippen LogP contribution in [0.1, 0.15) is 25.3 Å². The maximum atomic E-state index is 9.27. The Morgan fingerprint density at radius 2 is 1.64 bits per heavy atom. The lowest BCUT2D eigenvalue weighted by Gasteiger charge is -2.14. The molecule has 0 aliphatic carbocycles. The fourth-order valence-corrected chi connectivity index (χ4v) is 1.04. The Morgan fingerprint density at radius 1 is 1.09 bits per heavy atom. The lowest BCUT2D eigenvalue weighted by Crippen LogP contribution is -2.10. The van der Waals surface area contributed by atoms with Gasteiger partial charge in [0.25, 0.3) is 0 Å². The number of hydrogen-bond donors (Lipinski definition) is 1. The monoisotopic (exact) mass is 150 g/mol. The highest BCUT2D eigenvalue weighted by Gasteiger charge is 2.09. The quantitative estimate of drug-likeness (QED) is 0.685. The van der Waals surface area contributed by atoms with Gasteiger partial charge in [-0.3, -0.25) is 0 Å². The standard InChI is InChI=1S/C10H14O/c1-8(9(2)11)10-6-4-3-5-7-10/h3-9,11H,1-2H3/t8?,9-/m0/s1. The van der Waals surface area contributed by atoms with Gasteiger partial charge in [-0.2, -0.15) is 0 Å². The number of aliphatic hydroxyl groups is 1. The van der Waals surface area contributed by atoms with Crippen molar-refractivity contribution in [3.8, 4) is 0 Å². The molecule has 0 fully saturated rings. The Bertz CT molecular complexity index is 203. The molecule has 60 valence electrons. The zero-order valence-corrected chi connectivity index (χ0v) is 6.99. The fourth-order valence-electron chi connectivity index (χ4n) is 1.04. The highest BCUT2D eigenvalue weighted by atomic mass is 16.3. The average molecular weight is 150 g/mol. The number of aliphatic hydroxyl groups excluding tert-OH is 1. The molecule has 0 heterocycles. The molecule has 1 aromatic rings. The van der Waals surface area contributed by atoms with E-state index in [1.165, 1.54) is 5.56 Å².